The van der Waals surface area contributed by atoms with Gasteiger partial charge in [-0.15, -0.1) is 0 Å². The number of ketones is 2. The van der Waals surface area contributed by atoms with Crippen molar-refractivity contribution in [3.8, 4) is 0 Å². The molecule has 0 fully saturated rings. The molecule has 0 saturated carbocycles. The molecule has 0 saturated heterocycles. The lowest BCUT2D eigenvalue weighted by Crippen LogP contribution is -2.56. The molecular formula is C21H15FN2O3. The maximum atomic E-state index is 14.1. The predicted octanol–water partition coefficient (Wildman–Crippen LogP) is 3.24. The highest BCUT2D eigenvalue weighted by atomic mass is 19.1. The fourth-order valence-corrected chi connectivity index (χ4v) is 3.61. The summed E-state index contributed by atoms with van der Waals surface area (Å²) in [6.45, 7) is 3.44. The van der Waals surface area contributed by atoms with Crippen molar-refractivity contribution in [3.05, 3.63) is 82.2 Å². The third kappa shape index (κ3) is 2.23. The van der Waals surface area contributed by atoms with Gasteiger partial charge in [-0.25, -0.2) is 9.40 Å². The molecule has 6 heteroatoms. The van der Waals surface area contributed by atoms with E-state index >= 15 is 0 Å². The molecule has 134 valence electrons. The Morgan fingerprint density at radius 1 is 1.07 bits per heavy atom. The number of nitrogens with zero attached hydrogens (tertiary/aromatic N) is 2. The molecule has 4 rings (SSSR count). The Morgan fingerprint density at radius 3 is 2.30 bits per heavy atom. The first-order chi connectivity index (χ1) is 12.9. The molecule has 1 aliphatic carbocycles. The van der Waals surface area contributed by atoms with E-state index in [0.717, 1.165) is 11.1 Å². The second-order valence-corrected chi connectivity index (χ2v) is 6.76. The van der Waals surface area contributed by atoms with Gasteiger partial charge in [0.2, 0.25) is 17.1 Å². The van der Waals surface area contributed by atoms with Crippen LogP contribution in [0.2, 0.25) is 0 Å². The normalized spacial score (nSPS) is 16.3. The molecule has 0 radical (unpaired) electrons. The summed E-state index contributed by atoms with van der Waals surface area (Å²) in [4.78, 5) is 39.7. The van der Waals surface area contributed by atoms with Crippen molar-refractivity contribution in [2.24, 2.45) is 5.10 Å². The van der Waals surface area contributed by atoms with E-state index in [9.17, 15) is 18.8 Å². The highest BCUT2D eigenvalue weighted by Gasteiger charge is 2.61. The Hall–Kier alpha value is -3.41. The molecule has 0 N–H and O–H groups in total. The Labute approximate surface area is 154 Å². The van der Waals surface area contributed by atoms with Crippen LogP contribution in [0.1, 0.15) is 45.7 Å². The first-order valence-electron chi connectivity index (χ1n) is 8.39. The smallest absolute Gasteiger partial charge is 0.268 e. The van der Waals surface area contributed by atoms with Crippen molar-refractivity contribution in [1.82, 2.24) is 5.01 Å². The van der Waals surface area contributed by atoms with Crippen LogP contribution in [0.5, 0.6) is 0 Å². The summed E-state index contributed by atoms with van der Waals surface area (Å²) in [5, 5.41) is 5.00. The van der Waals surface area contributed by atoms with Gasteiger partial charge in [-0.1, -0.05) is 35.9 Å². The molecule has 1 aliphatic heterocycles. The van der Waals surface area contributed by atoms with E-state index in [1.54, 1.807) is 26.0 Å². The number of halogens is 1. The molecule has 0 unspecified atom stereocenters. The summed E-state index contributed by atoms with van der Waals surface area (Å²) in [6.07, 6.45) is 2.66. The number of fused-ring (bicyclic) bond motifs is 3. The van der Waals surface area contributed by atoms with Gasteiger partial charge in [-0.05, 0) is 26.0 Å². The maximum Gasteiger partial charge on any atom is 0.268 e. The lowest BCUT2D eigenvalue weighted by molar-refractivity contribution is -0.130. The molecule has 0 aromatic heterocycles. The Bertz CT molecular complexity index is 1050. The van der Waals surface area contributed by atoms with E-state index in [-0.39, 0.29) is 16.7 Å². The van der Waals surface area contributed by atoms with Gasteiger partial charge in [0, 0.05) is 28.3 Å². The maximum absolute atomic E-state index is 14.1. The van der Waals surface area contributed by atoms with E-state index < -0.39 is 28.8 Å². The summed E-state index contributed by atoms with van der Waals surface area (Å²) in [5.74, 6) is -2.38. The topological polar surface area (TPSA) is 66.8 Å². The van der Waals surface area contributed by atoms with Gasteiger partial charge in [-0.3, -0.25) is 14.4 Å². The Morgan fingerprint density at radius 2 is 1.70 bits per heavy atom. The molecule has 2 aliphatic rings. The number of amides is 1. The van der Waals surface area contributed by atoms with Crippen molar-refractivity contribution in [2.45, 2.75) is 19.4 Å². The Balaban J connectivity index is 2.05. The highest BCUT2D eigenvalue weighted by molar-refractivity contribution is 6.34. The van der Waals surface area contributed by atoms with Crippen molar-refractivity contribution in [3.63, 3.8) is 0 Å². The number of hydrogen-bond donors (Lipinski definition) is 0. The fourth-order valence-electron chi connectivity index (χ4n) is 3.61. The minimum Gasteiger partial charge on any atom is -0.290 e. The van der Waals surface area contributed by atoms with Crippen LogP contribution in [0.4, 0.5) is 4.39 Å². The number of carbonyl (C=O) groups excluding carboxylic acids is 3. The SMILES string of the molecule is CC(C)=CC(=O)N1N=Cc2ccc(F)cc2C12C(=O)c1ccccc1C2=O. The van der Waals surface area contributed by atoms with E-state index in [4.69, 9.17) is 0 Å². The highest BCUT2D eigenvalue weighted by Crippen LogP contribution is 2.45. The number of hydrazone groups is 1. The minimum atomic E-state index is -2.03. The quantitative estimate of drug-likeness (QED) is 0.578. The van der Waals surface area contributed by atoms with Gasteiger partial charge < -0.3 is 0 Å². The van der Waals surface area contributed by atoms with Crippen LogP contribution in [0.25, 0.3) is 0 Å². The van der Waals surface area contributed by atoms with Gasteiger partial charge >= 0.3 is 0 Å². The van der Waals surface area contributed by atoms with Crippen LogP contribution in [0, 0.1) is 5.82 Å². The van der Waals surface area contributed by atoms with Crippen LogP contribution in [-0.4, -0.2) is 28.7 Å². The van der Waals surface area contributed by atoms with Crippen molar-refractivity contribution >= 4 is 23.7 Å². The molecule has 2 aromatic carbocycles. The average molecular weight is 362 g/mol. The third-order valence-corrected chi connectivity index (χ3v) is 4.73. The van der Waals surface area contributed by atoms with Gasteiger partial charge in [0.1, 0.15) is 5.82 Å². The zero-order chi connectivity index (χ0) is 19.3. The van der Waals surface area contributed by atoms with Crippen molar-refractivity contribution in [2.75, 3.05) is 0 Å². The van der Waals surface area contributed by atoms with Gasteiger partial charge in [0.15, 0.2) is 0 Å². The predicted molar refractivity (Wildman–Crippen MR) is 97.1 cm³/mol. The van der Waals surface area contributed by atoms with E-state index in [2.05, 4.69) is 5.10 Å². The summed E-state index contributed by atoms with van der Waals surface area (Å²) in [6, 6.07) is 10.2. The number of carbonyl (C=O) groups is 3. The third-order valence-electron chi connectivity index (χ3n) is 4.73. The van der Waals surface area contributed by atoms with Crippen molar-refractivity contribution in [1.29, 1.82) is 0 Å². The number of hydrogen-bond acceptors (Lipinski definition) is 4. The van der Waals surface area contributed by atoms with Crippen LogP contribution >= 0.6 is 0 Å². The minimum absolute atomic E-state index is 0.124. The van der Waals surface area contributed by atoms with Crippen LogP contribution in [0.15, 0.2) is 59.2 Å². The molecule has 1 amide bonds. The summed E-state index contributed by atoms with van der Waals surface area (Å²) in [7, 11) is 0. The number of allylic oxidation sites excluding steroid dienone is 1. The largest absolute Gasteiger partial charge is 0.290 e. The summed E-state index contributed by atoms with van der Waals surface area (Å²) in [5.41, 5.74) is -0.398. The molecule has 0 atom stereocenters. The number of Topliss-reactive ketones (excluding diaryl/α,β-unsaturated/α-hetero) is 2. The van der Waals surface area contributed by atoms with Crippen molar-refractivity contribution < 1.29 is 18.8 Å². The molecule has 1 spiro atoms. The monoisotopic (exact) mass is 362 g/mol. The van der Waals surface area contributed by atoms with Gasteiger partial charge in [0.25, 0.3) is 5.91 Å². The molecule has 2 aromatic rings. The van der Waals surface area contributed by atoms with Crippen LogP contribution in [-0.2, 0) is 10.3 Å². The standard InChI is InChI=1S/C21H15FN2O3/c1-12(2)9-18(25)24-21(17-10-14(22)8-7-13(17)11-23-24)19(26)15-5-3-4-6-16(15)20(21)27/h3-11H,1-2H3. The zero-order valence-electron chi connectivity index (χ0n) is 14.7. The van der Waals surface area contributed by atoms with Crippen LogP contribution < -0.4 is 0 Å². The molecule has 0 bridgehead atoms. The van der Waals surface area contributed by atoms with Gasteiger partial charge in [-0.2, -0.15) is 5.10 Å². The Kier molecular flexibility index (Phi) is 3.66. The molecule has 1 heterocycles. The number of benzene rings is 2. The fraction of sp³-hybridized carbons (Fsp3) is 0.143. The molecule has 27 heavy (non-hydrogen) atoms. The van der Waals surface area contributed by atoms with Crippen LogP contribution in [0.3, 0.4) is 0 Å². The molecular weight excluding hydrogens is 347 g/mol. The summed E-state index contributed by atoms with van der Waals surface area (Å²) >= 11 is 0. The van der Waals surface area contributed by atoms with E-state index in [0.29, 0.717) is 11.1 Å². The molecule has 5 nitrogen and oxygen atoms in total. The second-order valence-electron chi connectivity index (χ2n) is 6.76. The second kappa shape index (κ2) is 5.81. The summed E-state index contributed by atoms with van der Waals surface area (Å²) < 4.78 is 14.1. The first kappa shape index (κ1) is 17.0. The average Bonchev–Trinajstić information content (AvgIpc) is 2.85. The number of rotatable bonds is 1. The van der Waals surface area contributed by atoms with Gasteiger partial charge in [0.05, 0.1) is 6.21 Å². The van der Waals surface area contributed by atoms with E-state index in [1.807, 2.05) is 0 Å². The van der Waals surface area contributed by atoms with E-state index in [1.165, 1.54) is 36.6 Å². The first-order valence-corrected chi connectivity index (χ1v) is 8.39. The lowest BCUT2D eigenvalue weighted by Gasteiger charge is -2.38. The lowest BCUT2D eigenvalue weighted by atomic mass is 9.80. The zero-order valence-corrected chi connectivity index (χ0v) is 14.7.